The van der Waals surface area contributed by atoms with Crippen LogP contribution in [0.15, 0.2) is 30.3 Å². The molecule has 6 heteroatoms. The molecule has 0 radical (unpaired) electrons. The number of rotatable bonds is 6. The number of benzene rings is 1. The van der Waals surface area contributed by atoms with Crippen molar-refractivity contribution in [2.75, 3.05) is 13.2 Å². The zero-order valence-electron chi connectivity index (χ0n) is 14.3. The largest absolute Gasteiger partial charge is 0.445 e. The maximum Gasteiger partial charge on any atom is 0.410 e. The van der Waals surface area contributed by atoms with Gasteiger partial charge in [0.05, 0.1) is 12.6 Å². The van der Waals surface area contributed by atoms with E-state index in [1.54, 1.807) is 0 Å². The van der Waals surface area contributed by atoms with Crippen molar-refractivity contribution in [2.24, 2.45) is 5.92 Å². The molecule has 24 heavy (non-hydrogen) atoms. The molecule has 0 spiro atoms. The first-order chi connectivity index (χ1) is 11.5. The fourth-order valence-electron chi connectivity index (χ4n) is 2.76. The van der Waals surface area contributed by atoms with E-state index in [2.05, 4.69) is 5.32 Å². The number of carbonyl (C=O) groups is 2. The van der Waals surface area contributed by atoms with E-state index in [-0.39, 0.29) is 31.1 Å². The van der Waals surface area contributed by atoms with Crippen LogP contribution >= 0.6 is 0 Å². The summed E-state index contributed by atoms with van der Waals surface area (Å²) in [7, 11) is 0. The molecule has 1 aromatic rings. The molecule has 2 atom stereocenters. The van der Waals surface area contributed by atoms with Crippen LogP contribution in [0, 0.1) is 5.92 Å². The molecular weight excluding hydrogens is 308 g/mol. The highest BCUT2D eigenvalue weighted by Gasteiger charge is 2.36. The van der Waals surface area contributed by atoms with Crippen molar-refractivity contribution in [3.63, 3.8) is 0 Å². The lowest BCUT2D eigenvalue weighted by Gasteiger charge is -2.26. The van der Waals surface area contributed by atoms with Crippen LogP contribution in [0.25, 0.3) is 0 Å². The van der Waals surface area contributed by atoms with E-state index in [0.29, 0.717) is 13.0 Å². The summed E-state index contributed by atoms with van der Waals surface area (Å²) in [6.07, 6.45) is 0.911. The summed E-state index contributed by atoms with van der Waals surface area (Å²) in [6.45, 7) is 4.45. The molecule has 0 bridgehead atoms. The summed E-state index contributed by atoms with van der Waals surface area (Å²) in [5, 5.41) is 12.2. The van der Waals surface area contributed by atoms with Gasteiger partial charge < -0.3 is 15.2 Å². The van der Waals surface area contributed by atoms with Crippen LogP contribution in [0.1, 0.15) is 32.3 Å². The van der Waals surface area contributed by atoms with Crippen molar-refractivity contribution in [1.29, 1.82) is 0 Å². The molecule has 1 saturated heterocycles. The second-order valence-corrected chi connectivity index (χ2v) is 6.43. The van der Waals surface area contributed by atoms with Gasteiger partial charge in [0.1, 0.15) is 12.6 Å². The van der Waals surface area contributed by atoms with E-state index in [1.165, 1.54) is 4.90 Å². The fourth-order valence-corrected chi connectivity index (χ4v) is 2.76. The summed E-state index contributed by atoms with van der Waals surface area (Å²) in [4.78, 5) is 26.2. The molecule has 1 aromatic carbocycles. The SMILES string of the molecule is CC(C)[C@@H](CO)NC(=O)[C@H]1CCCN1C(=O)OCc1ccccc1. The highest BCUT2D eigenvalue weighted by Crippen LogP contribution is 2.19. The van der Waals surface area contributed by atoms with Crippen LogP contribution in [-0.4, -0.2) is 47.2 Å². The number of aliphatic hydroxyl groups excluding tert-OH is 1. The number of amides is 2. The molecule has 0 unspecified atom stereocenters. The molecule has 1 heterocycles. The average molecular weight is 334 g/mol. The molecule has 132 valence electrons. The van der Waals surface area contributed by atoms with Gasteiger partial charge in [-0.2, -0.15) is 0 Å². The number of nitrogens with one attached hydrogen (secondary N) is 1. The number of likely N-dealkylation sites (tertiary alicyclic amines) is 1. The minimum atomic E-state index is -0.527. The maximum atomic E-state index is 12.4. The smallest absolute Gasteiger partial charge is 0.410 e. The maximum absolute atomic E-state index is 12.4. The van der Waals surface area contributed by atoms with Crippen LogP contribution in [-0.2, 0) is 16.1 Å². The third-order valence-electron chi connectivity index (χ3n) is 4.32. The normalized spacial score (nSPS) is 18.5. The van der Waals surface area contributed by atoms with E-state index in [4.69, 9.17) is 4.74 Å². The lowest BCUT2D eigenvalue weighted by atomic mass is 10.0. The average Bonchev–Trinajstić information content (AvgIpc) is 3.08. The number of nitrogens with zero attached hydrogens (tertiary/aromatic N) is 1. The Morgan fingerprint density at radius 3 is 2.67 bits per heavy atom. The number of hydrogen-bond donors (Lipinski definition) is 2. The van der Waals surface area contributed by atoms with Gasteiger partial charge in [-0.1, -0.05) is 44.2 Å². The molecule has 6 nitrogen and oxygen atoms in total. The highest BCUT2D eigenvalue weighted by molar-refractivity contribution is 5.86. The summed E-state index contributed by atoms with van der Waals surface area (Å²) >= 11 is 0. The summed E-state index contributed by atoms with van der Waals surface area (Å²) in [6, 6.07) is 8.61. The number of aliphatic hydroxyl groups is 1. The van der Waals surface area contributed by atoms with Gasteiger partial charge in [-0.3, -0.25) is 9.69 Å². The number of carbonyl (C=O) groups excluding carboxylic acids is 2. The molecule has 0 aromatic heterocycles. The summed E-state index contributed by atoms with van der Waals surface area (Å²) < 4.78 is 5.33. The topological polar surface area (TPSA) is 78.9 Å². The molecule has 1 aliphatic heterocycles. The Labute approximate surface area is 142 Å². The first-order valence-corrected chi connectivity index (χ1v) is 8.41. The molecular formula is C18H26N2O4. The van der Waals surface area contributed by atoms with Crippen molar-refractivity contribution >= 4 is 12.0 Å². The summed E-state index contributed by atoms with van der Waals surface area (Å²) in [5.41, 5.74) is 0.909. The van der Waals surface area contributed by atoms with Crippen molar-refractivity contribution in [2.45, 2.75) is 45.4 Å². The monoisotopic (exact) mass is 334 g/mol. The van der Waals surface area contributed by atoms with Crippen LogP contribution < -0.4 is 5.32 Å². The lowest BCUT2D eigenvalue weighted by molar-refractivity contribution is -0.126. The van der Waals surface area contributed by atoms with Gasteiger partial charge >= 0.3 is 6.09 Å². The van der Waals surface area contributed by atoms with Gasteiger partial charge in [-0.25, -0.2) is 4.79 Å². The van der Waals surface area contributed by atoms with E-state index in [9.17, 15) is 14.7 Å². The predicted octanol–water partition coefficient (Wildman–Crippen LogP) is 1.92. The number of hydrogen-bond acceptors (Lipinski definition) is 4. The third-order valence-corrected chi connectivity index (χ3v) is 4.32. The van der Waals surface area contributed by atoms with Gasteiger partial charge in [-0.05, 0) is 24.3 Å². The van der Waals surface area contributed by atoms with Crippen LogP contribution in [0.4, 0.5) is 4.79 Å². The Hall–Kier alpha value is -2.08. The first-order valence-electron chi connectivity index (χ1n) is 8.41. The predicted molar refractivity (Wildman–Crippen MR) is 90.2 cm³/mol. The van der Waals surface area contributed by atoms with Crippen molar-refractivity contribution in [3.05, 3.63) is 35.9 Å². The molecule has 2 rings (SSSR count). The molecule has 0 aliphatic carbocycles. The Morgan fingerprint density at radius 1 is 1.33 bits per heavy atom. The molecule has 1 fully saturated rings. The fraction of sp³-hybridized carbons (Fsp3) is 0.556. The Bertz CT molecular complexity index is 547. The second-order valence-electron chi connectivity index (χ2n) is 6.43. The highest BCUT2D eigenvalue weighted by atomic mass is 16.6. The van der Waals surface area contributed by atoms with Crippen LogP contribution in [0.5, 0.6) is 0 Å². The lowest BCUT2D eigenvalue weighted by Crippen LogP contribution is -2.51. The van der Waals surface area contributed by atoms with Crippen molar-refractivity contribution in [1.82, 2.24) is 10.2 Å². The Balaban J connectivity index is 1.91. The quantitative estimate of drug-likeness (QED) is 0.833. The molecule has 0 saturated carbocycles. The van der Waals surface area contributed by atoms with E-state index < -0.39 is 12.1 Å². The van der Waals surface area contributed by atoms with Gasteiger partial charge in [-0.15, -0.1) is 0 Å². The van der Waals surface area contributed by atoms with Gasteiger partial charge in [0.15, 0.2) is 0 Å². The van der Waals surface area contributed by atoms with E-state index >= 15 is 0 Å². The number of ether oxygens (including phenoxy) is 1. The second kappa shape index (κ2) is 8.68. The van der Waals surface area contributed by atoms with Crippen LogP contribution in [0.3, 0.4) is 0 Å². The zero-order chi connectivity index (χ0) is 17.5. The molecule has 2 amide bonds. The van der Waals surface area contributed by atoms with Gasteiger partial charge in [0, 0.05) is 6.54 Å². The van der Waals surface area contributed by atoms with Gasteiger partial charge in [0.2, 0.25) is 5.91 Å². The zero-order valence-corrected chi connectivity index (χ0v) is 14.3. The molecule has 2 N–H and O–H groups in total. The van der Waals surface area contributed by atoms with Gasteiger partial charge in [0.25, 0.3) is 0 Å². The van der Waals surface area contributed by atoms with E-state index in [0.717, 1.165) is 12.0 Å². The first kappa shape index (κ1) is 18.3. The summed E-state index contributed by atoms with van der Waals surface area (Å²) in [5.74, 6) is -0.101. The third kappa shape index (κ3) is 4.71. The standard InChI is InChI=1S/C18H26N2O4/c1-13(2)15(11-21)19-17(22)16-9-6-10-20(16)18(23)24-12-14-7-4-3-5-8-14/h3-5,7-8,13,15-16,21H,6,9-12H2,1-2H3,(H,19,22)/t15-,16-/m1/s1. The van der Waals surface area contributed by atoms with Crippen LogP contribution in [0.2, 0.25) is 0 Å². The Kier molecular flexibility index (Phi) is 6.61. The minimum absolute atomic E-state index is 0.116. The molecule has 1 aliphatic rings. The van der Waals surface area contributed by atoms with Crippen molar-refractivity contribution in [3.8, 4) is 0 Å². The Morgan fingerprint density at radius 2 is 2.04 bits per heavy atom. The minimum Gasteiger partial charge on any atom is -0.445 e. The van der Waals surface area contributed by atoms with Crippen molar-refractivity contribution < 1.29 is 19.4 Å². The van der Waals surface area contributed by atoms with E-state index in [1.807, 2.05) is 44.2 Å².